The van der Waals surface area contributed by atoms with E-state index in [-0.39, 0.29) is 29.3 Å². The Kier molecular flexibility index (Phi) is 5.40. The van der Waals surface area contributed by atoms with Crippen LogP contribution in [0.15, 0.2) is 60.7 Å². The molecule has 3 atom stereocenters. The van der Waals surface area contributed by atoms with Crippen LogP contribution in [0.1, 0.15) is 47.1 Å². The normalized spacial score (nSPS) is 21.1. The Balaban J connectivity index is 1.52. The average Bonchev–Trinajstić information content (AvgIpc) is 3.22. The third-order valence-electron chi connectivity index (χ3n) is 6.09. The van der Waals surface area contributed by atoms with Crippen LogP contribution in [0, 0.1) is 5.92 Å². The molecule has 1 aromatic heterocycles. The van der Waals surface area contributed by atoms with Gasteiger partial charge in [-0.05, 0) is 35.1 Å². The molecule has 0 saturated carbocycles. The number of fused-ring (bicyclic) bond motifs is 1. The molecule has 1 aliphatic heterocycles. The number of rotatable bonds is 4. The van der Waals surface area contributed by atoms with Crippen molar-refractivity contribution in [1.82, 2.24) is 15.5 Å². The molecule has 0 spiro atoms. The molecule has 0 bridgehead atoms. The molecule has 6 heteroatoms. The molecular weight excluding hydrogens is 376 g/mol. The second kappa shape index (κ2) is 8.14. The van der Waals surface area contributed by atoms with Gasteiger partial charge in [0.1, 0.15) is 11.7 Å². The quantitative estimate of drug-likeness (QED) is 0.701. The minimum absolute atomic E-state index is 0.0599. The van der Waals surface area contributed by atoms with Gasteiger partial charge < -0.3 is 10.2 Å². The minimum Gasteiger partial charge on any atom is -0.339 e. The summed E-state index contributed by atoms with van der Waals surface area (Å²) in [6.07, 6.45) is 0.662. The van der Waals surface area contributed by atoms with Gasteiger partial charge in [0.05, 0.1) is 0 Å². The van der Waals surface area contributed by atoms with Crippen molar-refractivity contribution >= 4 is 17.5 Å². The summed E-state index contributed by atoms with van der Waals surface area (Å²) in [6.45, 7) is 4.11. The highest BCUT2D eigenvalue weighted by Gasteiger charge is 2.38. The van der Waals surface area contributed by atoms with E-state index in [2.05, 4.69) is 22.4 Å². The number of likely N-dealkylation sites (N-methyl/N-ethyl adjacent to an activating group) is 1. The van der Waals surface area contributed by atoms with Gasteiger partial charge in [0, 0.05) is 24.8 Å². The monoisotopic (exact) mass is 402 g/mol. The number of carbonyl (C=O) groups is 2. The summed E-state index contributed by atoms with van der Waals surface area (Å²) in [5, 5.41) is 10.0. The van der Waals surface area contributed by atoms with E-state index in [1.165, 1.54) is 0 Å². The molecule has 2 N–H and O–H groups in total. The van der Waals surface area contributed by atoms with Crippen molar-refractivity contribution in [2.75, 3.05) is 11.9 Å². The summed E-state index contributed by atoms with van der Waals surface area (Å²) in [4.78, 5) is 27.7. The number of nitrogens with zero attached hydrogens (tertiary/aromatic N) is 2. The number of anilines is 1. The lowest BCUT2D eigenvalue weighted by Gasteiger charge is -2.26. The van der Waals surface area contributed by atoms with Crippen molar-refractivity contribution in [2.45, 2.75) is 32.2 Å². The van der Waals surface area contributed by atoms with Crippen LogP contribution in [0.3, 0.4) is 0 Å². The van der Waals surface area contributed by atoms with Gasteiger partial charge in [-0.1, -0.05) is 62.4 Å². The van der Waals surface area contributed by atoms with E-state index in [1.807, 2.05) is 61.5 Å². The lowest BCUT2D eigenvalue weighted by Crippen LogP contribution is -2.50. The Labute approximate surface area is 176 Å². The van der Waals surface area contributed by atoms with Gasteiger partial charge in [-0.15, -0.1) is 0 Å². The number of hydrogen-bond acceptors (Lipinski definition) is 3. The number of aromatic amines is 1. The molecule has 30 heavy (non-hydrogen) atoms. The Morgan fingerprint density at radius 1 is 1.10 bits per heavy atom. The second-order valence-electron chi connectivity index (χ2n) is 8.00. The number of para-hydroxylation sites is 1. The fourth-order valence-electron chi connectivity index (χ4n) is 4.09. The lowest BCUT2D eigenvalue weighted by molar-refractivity contribution is -0.121. The maximum atomic E-state index is 13.2. The van der Waals surface area contributed by atoms with E-state index in [9.17, 15) is 9.59 Å². The number of H-pyrrole nitrogens is 1. The highest BCUT2D eigenvalue weighted by molar-refractivity contribution is 6.02. The number of nitrogens with one attached hydrogen (secondary N) is 2. The van der Waals surface area contributed by atoms with Crippen LogP contribution in [-0.4, -0.2) is 35.1 Å². The molecule has 0 fully saturated rings. The van der Waals surface area contributed by atoms with Crippen molar-refractivity contribution in [3.8, 4) is 0 Å². The predicted molar refractivity (Wildman–Crippen MR) is 117 cm³/mol. The Morgan fingerprint density at radius 3 is 2.57 bits per heavy atom. The lowest BCUT2D eigenvalue weighted by atomic mass is 9.84. The maximum absolute atomic E-state index is 13.2. The van der Waals surface area contributed by atoms with Gasteiger partial charge in [0.25, 0.3) is 5.91 Å². The molecule has 2 amide bonds. The summed E-state index contributed by atoms with van der Waals surface area (Å²) < 4.78 is 0. The van der Waals surface area contributed by atoms with Crippen molar-refractivity contribution in [3.63, 3.8) is 0 Å². The number of carbonyl (C=O) groups excluding carboxylic acids is 2. The summed E-state index contributed by atoms with van der Waals surface area (Å²) in [5.74, 6) is -0.404. The molecule has 6 nitrogen and oxygen atoms in total. The molecule has 0 radical (unpaired) electrons. The van der Waals surface area contributed by atoms with E-state index in [4.69, 9.17) is 0 Å². The number of benzene rings is 2. The van der Waals surface area contributed by atoms with E-state index >= 15 is 0 Å². The Hall–Kier alpha value is -3.41. The number of aromatic nitrogens is 2. The zero-order chi connectivity index (χ0) is 21.3. The Bertz CT molecular complexity index is 1060. The summed E-state index contributed by atoms with van der Waals surface area (Å²) in [7, 11) is 1.76. The van der Waals surface area contributed by atoms with Crippen LogP contribution in [0.2, 0.25) is 0 Å². The van der Waals surface area contributed by atoms with E-state index < -0.39 is 6.04 Å². The fourth-order valence-corrected chi connectivity index (χ4v) is 4.09. The molecule has 0 unspecified atom stereocenters. The first-order valence-corrected chi connectivity index (χ1v) is 10.2. The van der Waals surface area contributed by atoms with Gasteiger partial charge in [0.2, 0.25) is 5.91 Å². The summed E-state index contributed by atoms with van der Waals surface area (Å²) in [5.41, 5.74) is 4.28. The Morgan fingerprint density at radius 2 is 1.80 bits per heavy atom. The first-order valence-electron chi connectivity index (χ1n) is 10.2. The van der Waals surface area contributed by atoms with Crippen molar-refractivity contribution in [3.05, 3.63) is 83.2 Å². The average molecular weight is 402 g/mol. The predicted octanol–water partition coefficient (Wildman–Crippen LogP) is 3.52. The molecule has 154 valence electrons. The standard InChI is InChI=1S/C24H26N4O2/c1-15-16(2)22(24(30)28(3)21-12-8-7-11-19(15)21)25-23(29)20-14-18(26-27-20)13-17-9-5-4-6-10-17/h4-12,14-16,22H,13H2,1-3H3,(H,25,29)(H,26,27)/t15-,16+,22+/m0/s1. The minimum atomic E-state index is -0.626. The molecular formula is C24H26N4O2. The second-order valence-corrected chi connectivity index (χ2v) is 8.00. The van der Waals surface area contributed by atoms with Crippen molar-refractivity contribution < 1.29 is 9.59 Å². The highest BCUT2D eigenvalue weighted by Crippen LogP contribution is 2.37. The summed E-state index contributed by atoms with van der Waals surface area (Å²) in [6, 6.07) is 19.0. The zero-order valence-electron chi connectivity index (χ0n) is 17.4. The molecule has 0 aliphatic carbocycles. The molecule has 3 aromatic rings. The number of hydrogen-bond donors (Lipinski definition) is 2. The van der Waals surface area contributed by atoms with E-state index in [0.717, 1.165) is 22.5 Å². The van der Waals surface area contributed by atoms with Gasteiger partial charge in [-0.3, -0.25) is 14.7 Å². The molecule has 2 aromatic carbocycles. The van der Waals surface area contributed by atoms with Crippen LogP contribution in [0.4, 0.5) is 5.69 Å². The van der Waals surface area contributed by atoms with Gasteiger partial charge >= 0.3 is 0 Å². The maximum Gasteiger partial charge on any atom is 0.272 e. The van der Waals surface area contributed by atoms with Gasteiger partial charge in [-0.2, -0.15) is 5.10 Å². The van der Waals surface area contributed by atoms with E-state index in [1.54, 1.807) is 18.0 Å². The van der Waals surface area contributed by atoms with Crippen molar-refractivity contribution in [2.24, 2.45) is 5.92 Å². The fraction of sp³-hybridized carbons (Fsp3) is 0.292. The van der Waals surface area contributed by atoms with Crippen LogP contribution < -0.4 is 10.2 Å². The third-order valence-corrected chi connectivity index (χ3v) is 6.09. The van der Waals surface area contributed by atoms with Crippen molar-refractivity contribution in [1.29, 1.82) is 0 Å². The van der Waals surface area contributed by atoms with E-state index in [0.29, 0.717) is 6.42 Å². The smallest absolute Gasteiger partial charge is 0.272 e. The van der Waals surface area contributed by atoms with Gasteiger partial charge in [0.15, 0.2) is 0 Å². The topological polar surface area (TPSA) is 78.1 Å². The first kappa shape index (κ1) is 19.9. The SMILES string of the molecule is C[C@@H]1[C@H](C)c2ccccc2N(C)C(=O)[C@@H]1NC(=O)c1cc(Cc2ccccc2)[nH]n1. The number of amides is 2. The third kappa shape index (κ3) is 3.73. The highest BCUT2D eigenvalue weighted by atomic mass is 16.2. The summed E-state index contributed by atoms with van der Waals surface area (Å²) >= 11 is 0. The van der Waals surface area contributed by atoms with Crippen LogP contribution in [-0.2, 0) is 11.2 Å². The molecule has 1 aliphatic rings. The first-order chi connectivity index (χ1) is 14.5. The molecule has 0 saturated heterocycles. The van der Waals surface area contributed by atoms with Gasteiger partial charge in [-0.25, -0.2) is 0 Å². The van der Waals surface area contributed by atoms with Crippen LogP contribution in [0.5, 0.6) is 0 Å². The van der Waals surface area contributed by atoms with Crippen LogP contribution >= 0.6 is 0 Å². The molecule has 2 heterocycles. The van der Waals surface area contributed by atoms with Crippen LogP contribution in [0.25, 0.3) is 0 Å². The zero-order valence-corrected chi connectivity index (χ0v) is 17.4. The largest absolute Gasteiger partial charge is 0.339 e. The molecule has 4 rings (SSSR count).